The second-order valence-electron chi connectivity index (χ2n) is 4.81. The van der Waals surface area contributed by atoms with E-state index in [0.717, 1.165) is 10.3 Å². The molecule has 0 aliphatic heterocycles. The van der Waals surface area contributed by atoms with Crippen molar-refractivity contribution in [2.45, 2.75) is 32.0 Å². The Hall–Kier alpha value is 0.470. The van der Waals surface area contributed by atoms with Crippen molar-refractivity contribution in [3.8, 4) is 0 Å². The van der Waals surface area contributed by atoms with Crippen molar-refractivity contribution in [2.75, 3.05) is 0 Å². The van der Waals surface area contributed by atoms with Crippen LogP contribution in [0.15, 0.2) is 6.07 Å². The van der Waals surface area contributed by atoms with Crippen LogP contribution < -0.4 is 0 Å². The Bertz CT molecular complexity index is 337. The fourth-order valence-corrected chi connectivity index (χ4v) is 4.40. The van der Waals surface area contributed by atoms with Crippen LogP contribution in [0.4, 0.5) is 0 Å². The van der Waals surface area contributed by atoms with E-state index in [1.54, 1.807) is 11.3 Å². The maximum Gasteiger partial charge on any atom is 0.0960 e. The van der Waals surface area contributed by atoms with Crippen LogP contribution in [0.2, 0.25) is 4.34 Å². The van der Waals surface area contributed by atoms with Crippen LogP contribution in [0.5, 0.6) is 0 Å². The third-order valence-corrected chi connectivity index (χ3v) is 6.16. The minimum atomic E-state index is 0.494. The number of hydrogen-bond donors (Lipinski definition) is 0. The highest BCUT2D eigenvalue weighted by molar-refractivity contribution is 9.09. The van der Waals surface area contributed by atoms with E-state index in [-0.39, 0.29) is 0 Å². The molecule has 0 bridgehead atoms. The van der Waals surface area contributed by atoms with Crippen molar-refractivity contribution >= 4 is 38.9 Å². The molecule has 1 aromatic heterocycles. The molecule has 0 aromatic carbocycles. The molecule has 0 saturated heterocycles. The van der Waals surface area contributed by atoms with Crippen molar-refractivity contribution in [1.29, 1.82) is 0 Å². The lowest BCUT2D eigenvalue weighted by Gasteiger charge is -2.08. The molecule has 2 rings (SSSR count). The smallest absolute Gasteiger partial charge is 0.0960 e. The van der Waals surface area contributed by atoms with E-state index < -0.39 is 0 Å². The maximum absolute atomic E-state index is 6.07. The van der Waals surface area contributed by atoms with Crippen LogP contribution >= 0.6 is 38.9 Å². The zero-order chi connectivity index (χ0) is 10.5. The molecule has 0 nitrogen and oxygen atoms in total. The number of hydrogen-bond acceptors (Lipinski definition) is 1. The molecule has 78 valence electrons. The van der Waals surface area contributed by atoms with Crippen molar-refractivity contribution < 1.29 is 0 Å². The van der Waals surface area contributed by atoms with Crippen LogP contribution in [0.25, 0.3) is 0 Å². The molecule has 3 heteroatoms. The lowest BCUT2D eigenvalue weighted by Crippen LogP contribution is -1.96. The second kappa shape index (κ2) is 3.50. The normalized spacial score (nSPS) is 26.2. The summed E-state index contributed by atoms with van der Waals surface area (Å²) in [4.78, 5) is 1.87. The van der Waals surface area contributed by atoms with Gasteiger partial charge in [-0.1, -0.05) is 41.4 Å². The van der Waals surface area contributed by atoms with Crippen molar-refractivity contribution in [1.82, 2.24) is 0 Å². The molecule has 2 unspecified atom stereocenters. The predicted molar refractivity (Wildman–Crippen MR) is 67.6 cm³/mol. The van der Waals surface area contributed by atoms with Gasteiger partial charge in [-0.05, 0) is 36.3 Å². The summed E-state index contributed by atoms with van der Waals surface area (Å²) in [6, 6.07) is 2.21. The summed E-state index contributed by atoms with van der Waals surface area (Å²) in [6.07, 6.45) is 1.32. The average Bonchev–Trinajstić information content (AvgIpc) is 2.59. The molecule has 2 atom stereocenters. The molecule has 0 N–H and O–H groups in total. The van der Waals surface area contributed by atoms with Crippen LogP contribution in [-0.2, 0) is 0 Å². The van der Waals surface area contributed by atoms with Gasteiger partial charge >= 0.3 is 0 Å². The topological polar surface area (TPSA) is 0 Å². The highest BCUT2D eigenvalue weighted by atomic mass is 79.9. The Morgan fingerprint density at radius 2 is 2.21 bits per heavy atom. The van der Waals surface area contributed by atoms with E-state index in [1.165, 1.54) is 16.9 Å². The molecule has 1 aliphatic rings. The standard InChI is InChI=1S/C11H14BrClS/c1-6-4-8(14-10(6)13)9(12)7-5-11(7,2)3/h4,7,9H,5H2,1-3H3. The van der Waals surface area contributed by atoms with Crippen LogP contribution in [0.1, 0.15) is 35.5 Å². The summed E-state index contributed by atoms with van der Waals surface area (Å²) < 4.78 is 0.933. The monoisotopic (exact) mass is 292 g/mol. The molecule has 1 saturated carbocycles. The molecule has 0 spiro atoms. The van der Waals surface area contributed by atoms with Gasteiger partial charge in [0.15, 0.2) is 0 Å². The number of halogens is 2. The van der Waals surface area contributed by atoms with Crippen molar-refractivity contribution in [3.63, 3.8) is 0 Å². The molecule has 1 aromatic rings. The minimum Gasteiger partial charge on any atom is -0.127 e. The largest absolute Gasteiger partial charge is 0.127 e. The molecule has 1 fully saturated rings. The summed E-state index contributed by atoms with van der Waals surface area (Å²) in [7, 11) is 0. The SMILES string of the molecule is Cc1cc(C(Br)C2CC2(C)C)sc1Cl. The van der Waals surface area contributed by atoms with Gasteiger partial charge in [-0.25, -0.2) is 0 Å². The summed E-state index contributed by atoms with van der Waals surface area (Å²) in [5.74, 6) is 0.775. The van der Waals surface area contributed by atoms with E-state index in [1.807, 2.05) is 0 Å². The lowest BCUT2D eigenvalue weighted by atomic mass is 10.1. The summed E-state index contributed by atoms with van der Waals surface area (Å²) in [5.41, 5.74) is 1.72. The first kappa shape index (κ1) is 11.0. The van der Waals surface area contributed by atoms with Crippen molar-refractivity contribution in [3.05, 3.63) is 20.8 Å². The van der Waals surface area contributed by atoms with Crippen molar-refractivity contribution in [2.24, 2.45) is 11.3 Å². The van der Waals surface area contributed by atoms with E-state index in [0.29, 0.717) is 10.2 Å². The van der Waals surface area contributed by atoms with Gasteiger partial charge in [0.2, 0.25) is 0 Å². The van der Waals surface area contributed by atoms with Gasteiger partial charge in [0.25, 0.3) is 0 Å². The van der Waals surface area contributed by atoms with Crippen LogP contribution in [0, 0.1) is 18.3 Å². The molecule has 14 heavy (non-hydrogen) atoms. The van der Waals surface area contributed by atoms with Gasteiger partial charge < -0.3 is 0 Å². The number of aryl methyl sites for hydroxylation is 1. The highest BCUT2D eigenvalue weighted by Gasteiger charge is 2.50. The number of alkyl halides is 1. The fraction of sp³-hybridized carbons (Fsp3) is 0.636. The second-order valence-corrected chi connectivity index (χ2v) is 7.48. The molecule has 1 aliphatic carbocycles. The Kier molecular flexibility index (Phi) is 2.74. The first-order chi connectivity index (χ1) is 6.42. The summed E-state index contributed by atoms with van der Waals surface area (Å²) in [6.45, 7) is 6.72. The van der Waals surface area contributed by atoms with Crippen LogP contribution in [-0.4, -0.2) is 0 Å². The molecular weight excluding hydrogens is 280 g/mol. The van der Waals surface area contributed by atoms with Gasteiger partial charge in [-0.15, -0.1) is 11.3 Å². The molecule has 0 amide bonds. The van der Waals surface area contributed by atoms with E-state index in [9.17, 15) is 0 Å². The van der Waals surface area contributed by atoms with Gasteiger partial charge in [0.05, 0.1) is 9.16 Å². The zero-order valence-electron chi connectivity index (χ0n) is 8.60. The van der Waals surface area contributed by atoms with E-state index >= 15 is 0 Å². The summed E-state index contributed by atoms with van der Waals surface area (Å²) in [5, 5.41) is 0. The van der Waals surface area contributed by atoms with E-state index in [2.05, 4.69) is 42.8 Å². The Morgan fingerprint density at radius 3 is 2.57 bits per heavy atom. The quantitative estimate of drug-likeness (QED) is 0.658. The van der Waals surface area contributed by atoms with Gasteiger partial charge in [0, 0.05) is 4.88 Å². The van der Waals surface area contributed by atoms with Gasteiger partial charge in [-0.2, -0.15) is 0 Å². The zero-order valence-corrected chi connectivity index (χ0v) is 11.8. The van der Waals surface area contributed by atoms with Gasteiger partial charge in [0.1, 0.15) is 0 Å². The molecular formula is C11H14BrClS. The molecule has 0 radical (unpaired) electrons. The first-order valence-corrected chi connectivity index (χ1v) is 6.93. The average molecular weight is 294 g/mol. The third kappa shape index (κ3) is 1.89. The number of rotatable bonds is 2. The molecule has 1 heterocycles. The predicted octanol–water partition coefficient (Wildman–Crippen LogP) is 5.19. The first-order valence-electron chi connectivity index (χ1n) is 4.82. The van der Waals surface area contributed by atoms with E-state index in [4.69, 9.17) is 11.6 Å². The Morgan fingerprint density at radius 1 is 1.64 bits per heavy atom. The lowest BCUT2D eigenvalue weighted by molar-refractivity contribution is 0.557. The van der Waals surface area contributed by atoms with Gasteiger partial charge in [-0.3, -0.25) is 0 Å². The third-order valence-electron chi connectivity index (χ3n) is 3.09. The maximum atomic E-state index is 6.07. The summed E-state index contributed by atoms with van der Waals surface area (Å²) >= 11 is 11.6. The highest BCUT2D eigenvalue weighted by Crippen LogP contribution is 2.61. The Labute approximate surface area is 103 Å². The fourth-order valence-electron chi connectivity index (χ4n) is 1.83. The minimum absolute atomic E-state index is 0.494. The Balaban J connectivity index is 2.16. The number of thiophene rings is 1. The van der Waals surface area contributed by atoms with Crippen LogP contribution in [0.3, 0.4) is 0 Å².